The first-order valence-corrected chi connectivity index (χ1v) is 6.98. The van der Waals surface area contributed by atoms with Crippen LogP contribution < -0.4 is 0 Å². The van der Waals surface area contributed by atoms with Gasteiger partial charge in [0.05, 0.1) is 0 Å². The van der Waals surface area contributed by atoms with Gasteiger partial charge in [-0.15, -0.1) is 0 Å². The summed E-state index contributed by atoms with van der Waals surface area (Å²) >= 11 is 0. The number of benzene rings is 1. The maximum absolute atomic E-state index is 10.7. The van der Waals surface area contributed by atoms with Gasteiger partial charge in [-0.25, -0.2) is 0 Å². The van der Waals surface area contributed by atoms with Crippen molar-refractivity contribution in [3.63, 3.8) is 0 Å². The lowest BCUT2D eigenvalue weighted by atomic mass is 9.94. The molecule has 0 spiro atoms. The number of rotatable bonds is 6. The Labute approximate surface area is 121 Å². The molecule has 20 heavy (non-hydrogen) atoms. The van der Waals surface area contributed by atoms with Crippen LogP contribution in [0.1, 0.15) is 50.7 Å². The van der Waals surface area contributed by atoms with E-state index >= 15 is 0 Å². The third-order valence-corrected chi connectivity index (χ3v) is 3.40. The maximum atomic E-state index is 10.7. The Balaban J connectivity index is 2.46. The third-order valence-electron chi connectivity index (χ3n) is 3.40. The molecule has 1 aromatic carbocycles. The van der Waals surface area contributed by atoms with Gasteiger partial charge in [0.2, 0.25) is 0 Å². The van der Waals surface area contributed by atoms with Crippen LogP contribution in [0.3, 0.4) is 0 Å². The molecule has 0 aliphatic carbocycles. The van der Waals surface area contributed by atoms with Gasteiger partial charge in [0.15, 0.2) is 0 Å². The second kappa shape index (κ2) is 7.73. The maximum Gasteiger partial charge on any atom is 0.302 e. The van der Waals surface area contributed by atoms with Crippen LogP contribution in [0.15, 0.2) is 29.8 Å². The zero-order valence-corrected chi connectivity index (χ0v) is 12.8. The van der Waals surface area contributed by atoms with Gasteiger partial charge in [0, 0.05) is 6.92 Å². The van der Waals surface area contributed by atoms with E-state index in [1.54, 1.807) is 0 Å². The molecule has 0 amide bonds. The topological polar surface area (TPSA) is 46.5 Å². The van der Waals surface area contributed by atoms with Crippen LogP contribution in [-0.2, 0) is 9.53 Å². The van der Waals surface area contributed by atoms with Gasteiger partial charge >= 0.3 is 5.97 Å². The highest BCUT2D eigenvalue weighted by Gasteiger charge is 2.07. The van der Waals surface area contributed by atoms with E-state index in [1.807, 2.05) is 26.0 Å². The minimum absolute atomic E-state index is 0.249. The summed E-state index contributed by atoms with van der Waals surface area (Å²) in [4.78, 5) is 10.7. The molecule has 1 rings (SSSR count). The fourth-order valence-corrected chi connectivity index (χ4v) is 1.95. The van der Waals surface area contributed by atoms with Crippen molar-refractivity contribution >= 4 is 5.97 Å². The summed E-state index contributed by atoms with van der Waals surface area (Å²) in [5, 5.41) is 9.72. The predicted octanol–water partition coefficient (Wildman–Crippen LogP) is 4.09. The van der Waals surface area contributed by atoms with E-state index in [0.717, 1.165) is 29.5 Å². The van der Waals surface area contributed by atoms with Gasteiger partial charge in [-0.2, -0.15) is 0 Å². The summed E-state index contributed by atoms with van der Waals surface area (Å²) < 4.78 is 4.93. The smallest absolute Gasteiger partial charge is 0.302 e. The van der Waals surface area contributed by atoms with E-state index in [9.17, 15) is 9.90 Å². The first kappa shape index (κ1) is 16.3. The van der Waals surface area contributed by atoms with Crippen LogP contribution in [0.5, 0.6) is 5.75 Å². The van der Waals surface area contributed by atoms with E-state index in [-0.39, 0.29) is 5.97 Å². The number of aryl methyl sites for hydroxylation is 1. The Morgan fingerprint density at radius 1 is 1.40 bits per heavy atom. The molecule has 1 N–H and O–H groups in total. The molecule has 3 nitrogen and oxygen atoms in total. The molecule has 0 saturated carbocycles. The van der Waals surface area contributed by atoms with E-state index in [0.29, 0.717) is 18.3 Å². The quantitative estimate of drug-likeness (QED) is 0.628. The number of hydrogen-bond acceptors (Lipinski definition) is 3. The Hall–Kier alpha value is -1.77. The van der Waals surface area contributed by atoms with E-state index in [1.165, 1.54) is 6.92 Å². The molecule has 0 saturated heterocycles. The number of ether oxygens (including phenoxy) is 1. The number of hydrogen-bond donors (Lipinski definition) is 1. The summed E-state index contributed by atoms with van der Waals surface area (Å²) in [5.41, 5.74) is 3.12. The SMILES string of the molecule is CC(=O)OC/C(C)=C\CC[C@@H](C)c1ccc(C)c(O)c1. The Kier molecular flexibility index (Phi) is 6.29. The van der Waals surface area contributed by atoms with Gasteiger partial charge in [-0.1, -0.05) is 25.1 Å². The van der Waals surface area contributed by atoms with Gasteiger partial charge in [-0.05, 0) is 55.4 Å². The molecule has 0 heterocycles. The summed E-state index contributed by atoms with van der Waals surface area (Å²) in [6.07, 6.45) is 4.04. The highest BCUT2D eigenvalue weighted by Crippen LogP contribution is 2.26. The zero-order chi connectivity index (χ0) is 15.1. The fourth-order valence-electron chi connectivity index (χ4n) is 1.95. The van der Waals surface area contributed by atoms with Crippen molar-refractivity contribution < 1.29 is 14.6 Å². The summed E-state index contributed by atoms with van der Waals surface area (Å²) in [5.74, 6) is 0.497. The van der Waals surface area contributed by atoms with Crippen molar-refractivity contribution in [2.24, 2.45) is 0 Å². The van der Waals surface area contributed by atoms with Gasteiger partial charge in [-0.3, -0.25) is 4.79 Å². The van der Waals surface area contributed by atoms with Crippen LogP contribution >= 0.6 is 0 Å². The minimum atomic E-state index is -0.249. The highest BCUT2D eigenvalue weighted by atomic mass is 16.5. The standard InChI is InChI=1S/C17H24O3/c1-12(11-20-15(4)18)6-5-7-13(2)16-9-8-14(3)17(19)10-16/h6,8-10,13,19H,5,7,11H2,1-4H3/b12-6-/t13-/m1/s1. The van der Waals surface area contributed by atoms with Crippen LogP contribution in [0.2, 0.25) is 0 Å². The molecule has 0 unspecified atom stereocenters. The number of aromatic hydroxyl groups is 1. The van der Waals surface area contributed by atoms with Crippen LogP contribution in [-0.4, -0.2) is 17.7 Å². The van der Waals surface area contributed by atoms with Gasteiger partial charge in [0.25, 0.3) is 0 Å². The van der Waals surface area contributed by atoms with Crippen molar-refractivity contribution in [1.82, 2.24) is 0 Å². The Morgan fingerprint density at radius 3 is 2.70 bits per heavy atom. The van der Waals surface area contributed by atoms with Crippen LogP contribution in [0.4, 0.5) is 0 Å². The highest BCUT2D eigenvalue weighted by molar-refractivity contribution is 5.66. The van der Waals surface area contributed by atoms with Crippen molar-refractivity contribution in [3.05, 3.63) is 41.0 Å². The molecule has 0 aliphatic rings. The first-order chi connectivity index (χ1) is 9.40. The lowest BCUT2D eigenvalue weighted by Gasteiger charge is -2.12. The molecule has 0 aliphatic heterocycles. The number of carbonyl (C=O) groups excluding carboxylic acids is 1. The molecule has 0 bridgehead atoms. The molecule has 1 aromatic rings. The molecular weight excluding hydrogens is 252 g/mol. The predicted molar refractivity (Wildman–Crippen MR) is 80.9 cm³/mol. The fraction of sp³-hybridized carbons (Fsp3) is 0.471. The van der Waals surface area contributed by atoms with Crippen LogP contribution in [0, 0.1) is 6.92 Å². The third kappa shape index (κ3) is 5.47. The van der Waals surface area contributed by atoms with E-state index in [4.69, 9.17) is 4.74 Å². The first-order valence-electron chi connectivity index (χ1n) is 6.98. The molecule has 1 atom stereocenters. The molecule has 0 aromatic heterocycles. The Morgan fingerprint density at radius 2 is 2.10 bits per heavy atom. The average Bonchev–Trinajstić information content (AvgIpc) is 2.39. The second-order valence-electron chi connectivity index (χ2n) is 5.36. The van der Waals surface area contributed by atoms with Gasteiger partial charge < -0.3 is 9.84 Å². The van der Waals surface area contributed by atoms with Crippen molar-refractivity contribution in [3.8, 4) is 5.75 Å². The van der Waals surface area contributed by atoms with Crippen molar-refractivity contribution in [2.75, 3.05) is 6.61 Å². The second-order valence-corrected chi connectivity index (χ2v) is 5.36. The molecule has 110 valence electrons. The van der Waals surface area contributed by atoms with Crippen molar-refractivity contribution in [1.29, 1.82) is 0 Å². The summed E-state index contributed by atoms with van der Waals surface area (Å²) in [7, 11) is 0. The number of phenols is 1. The average molecular weight is 276 g/mol. The lowest BCUT2D eigenvalue weighted by molar-refractivity contribution is -0.139. The molecule has 0 radical (unpaired) electrons. The summed E-state index contributed by atoms with van der Waals surface area (Å²) in [6, 6.07) is 5.85. The van der Waals surface area contributed by atoms with Crippen LogP contribution in [0.25, 0.3) is 0 Å². The van der Waals surface area contributed by atoms with Crippen molar-refractivity contribution in [2.45, 2.75) is 46.5 Å². The number of esters is 1. The lowest BCUT2D eigenvalue weighted by Crippen LogP contribution is -2.01. The molecule has 3 heteroatoms. The zero-order valence-electron chi connectivity index (χ0n) is 12.8. The number of phenolic OH excluding ortho intramolecular Hbond substituents is 1. The van der Waals surface area contributed by atoms with E-state index < -0.39 is 0 Å². The number of carbonyl (C=O) groups is 1. The van der Waals surface area contributed by atoms with Gasteiger partial charge in [0.1, 0.15) is 12.4 Å². The van der Waals surface area contributed by atoms with E-state index in [2.05, 4.69) is 19.1 Å². The molecule has 0 fully saturated rings. The molecular formula is C17H24O3. The normalized spacial score (nSPS) is 13.1. The largest absolute Gasteiger partial charge is 0.508 e. The monoisotopic (exact) mass is 276 g/mol. The minimum Gasteiger partial charge on any atom is -0.508 e. The number of allylic oxidation sites excluding steroid dienone is 1. The summed E-state index contributed by atoms with van der Waals surface area (Å²) in [6.45, 7) is 7.80. The Bertz CT molecular complexity index is 489.